The Bertz CT molecular complexity index is 1830. The van der Waals surface area contributed by atoms with E-state index in [1.807, 2.05) is 67.7 Å². The lowest BCUT2D eigenvalue weighted by Gasteiger charge is -2.25. The second-order valence-electron chi connectivity index (χ2n) is 12.7. The van der Waals surface area contributed by atoms with Gasteiger partial charge >= 0.3 is 11.9 Å². The topological polar surface area (TPSA) is 101 Å². The second-order valence-corrected chi connectivity index (χ2v) is 12.7. The van der Waals surface area contributed by atoms with Gasteiger partial charge in [-0.15, -0.1) is 0 Å². The highest BCUT2D eigenvalue weighted by Gasteiger charge is 2.32. The lowest BCUT2D eigenvalue weighted by Crippen LogP contribution is -2.40. The maximum Gasteiger partial charge on any atom is 0.350 e. The van der Waals surface area contributed by atoms with Gasteiger partial charge in [-0.25, -0.2) is 4.79 Å². The SMILES string of the molecule is CCOC(=O)CCCc1c(/C=C/c2ccc(C(=O)c3ccc(OC(C)(C)C(=O)OC(C)C)cc3)cc2)c(C)cn(Cc2ccccc2)c1=O. The van der Waals surface area contributed by atoms with Crippen molar-refractivity contribution < 1.29 is 28.6 Å². The average molecular weight is 664 g/mol. The van der Waals surface area contributed by atoms with Crippen molar-refractivity contribution >= 4 is 29.9 Å². The first-order valence-electron chi connectivity index (χ1n) is 16.6. The van der Waals surface area contributed by atoms with Gasteiger partial charge in [0.1, 0.15) is 5.75 Å². The highest BCUT2D eigenvalue weighted by atomic mass is 16.6. The fourth-order valence-electron chi connectivity index (χ4n) is 5.36. The summed E-state index contributed by atoms with van der Waals surface area (Å²) in [5, 5.41) is 0. The number of ketones is 1. The molecule has 0 saturated heterocycles. The third kappa shape index (κ3) is 10.1. The maximum atomic E-state index is 13.7. The summed E-state index contributed by atoms with van der Waals surface area (Å²) >= 11 is 0. The molecule has 0 atom stereocenters. The monoisotopic (exact) mass is 663 g/mol. The van der Waals surface area contributed by atoms with E-state index in [1.54, 1.807) is 75.6 Å². The lowest BCUT2D eigenvalue weighted by molar-refractivity contribution is -0.163. The number of carbonyl (C=O) groups excluding carboxylic acids is 3. The minimum absolute atomic E-state index is 0.0885. The van der Waals surface area contributed by atoms with E-state index in [1.165, 1.54) is 0 Å². The predicted octanol–water partition coefficient (Wildman–Crippen LogP) is 7.60. The van der Waals surface area contributed by atoms with Gasteiger partial charge in [-0.1, -0.05) is 66.7 Å². The summed E-state index contributed by atoms with van der Waals surface area (Å²) in [5.41, 5.74) is 4.03. The van der Waals surface area contributed by atoms with Crippen LogP contribution in [-0.2, 0) is 32.0 Å². The molecule has 0 radical (unpaired) electrons. The second kappa shape index (κ2) is 16.7. The number of pyridine rings is 1. The van der Waals surface area contributed by atoms with Crippen LogP contribution < -0.4 is 10.3 Å². The van der Waals surface area contributed by atoms with Crippen LogP contribution in [0.2, 0.25) is 0 Å². The molecule has 256 valence electrons. The summed E-state index contributed by atoms with van der Waals surface area (Å²) in [6.45, 7) is 11.4. The zero-order valence-corrected chi connectivity index (χ0v) is 29.2. The van der Waals surface area contributed by atoms with Crippen LogP contribution >= 0.6 is 0 Å². The number of esters is 2. The number of carbonyl (C=O) groups is 3. The van der Waals surface area contributed by atoms with Crippen molar-refractivity contribution in [2.24, 2.45) is 0 Å². The van der Waals surface area contributed by atoms with Gasteiger partial charge in [-0.2, -0.15) is 0 Å². The molecule has 0 spiro atoms. The molecule has 0 unspecified atom stereocenters. The highest BCUT2D eigenvalue weighted by molar-refractivity contribution is 6.09. The molecule has 0 fully saturated rings. The van der Waals surface area contributed by atoms with E-state index in [0.717, 1.165) is 22.3 Å². The Balaban J connectivity index is 1.51. The quantitative estimate of drug-likeness (QED) is 0.0954. The molecule has 0 aliphatic carbocycles. The van der Waals surface area contributed by atoms with Crippen molar-refractivity contribution in [1.29, 1.82) is 0 Å². The van der Waals surface area contributed by atoms with Crippen LogP contribution in [0.5, 0.6) is 5.75 Å². The largest absolute Gasteiger partial charge is 0.476 e. The molecule has 0 N–H and O–H groups in total. The van der Waals surface area contributed by atoms with E-state index >= 15 is 0 Å². The van der Waals surface area contributed by atoms with E-state index in [4.69, 9.17) is 14.2 Å². The van der Waals surface area contributed by atoms with Crippen LogP contribution in [-0.4, -0.2) is 40.6 Å². The van der Waals surface area contributed by atoms with Gasteiger partial charge in [0.15, 0.2) is 11.4 Å². The third-order valence-corrected chi connectivity index (χ3v) is 7.87. The Hall–Kier alpha value is -5.24. The molecule has 4 rings (SSSR count). The van der Waals surface area contributed by atoms with Gasteiger partial charge in [-0.3, -0.25) is 14.4 Å². The molecule has 8 nitrogen and oxygen atoms in total. The summed E-state index contributed by atoms with van der Waals surface area (Å²) in [6.07, 6.45) is 6.64. The van der Waals surface area contributed by atoms with Gasteiger partial charge in [0.05, 0.1) is 19.3 Å². The number of aryl methyl sites for hydroxylation is 1. The molecule has 3 aromatic carbocycles. The molecule has 1 heterocycles. The number of nitrogens with zero attached hydrogens (tertiary/aromatic N) is 1. The van der Waals surface area contributed by atoms with Crippen molar-refractivity contribution in [3.05, 3.63) is 134 Å². The zero-order chi connectivity index (χ0) is 35.6. The first-order chi connectivity index (χ1) is 23.4. The van der Waals surface area contributed by atoms with Crippen LogP contribution in [0.25, 0.3) is 12.2 Å². The van der Waals surface area contributed by atoms with Crippen molar-refractivity contribution in [2.45, 2.75) is 79.1 Å². The van der Waals surface area contributed by atoms with E-state index in [9.17, 15) is 19.2 Å². The molecule has 4 aromatic rings. The molecule has 0 amide bonds. The number of hydrogen-bond acceptors (Lipinski definition) is 7. The zero-order valence-electron chi connectivity index (χ0n) is 29.2. The van der Waals surface area contributed by atoms with Gasteiger partial charge in [0.25, 0.3) is 5.56 Å². The van der Waals surface area contributed by atoms with Gasteiger partial charge in [-0.05, 0) is 101 Å². The Morgan fingerprint density at radius 2 is 1.51 bits per heavy atom. The standard InChI is InChI=1S/C41H45NO7/c1-7-47-37(43)15-11-14-36-35(29(4)26-42(39(36)45)27-31-12-9-8-10-13-31)25-18-30-16-19-32(20-17-30)38(44)33-21-23-34(24-22-33)49-41(5,6)40(46)48-28(2)3/h8-10,12-13,16-26,28H,7,11,14-15,27H2,1-6H3/b25-18+. The number of hydrogen-bond donors (Lipinski definition) is 0. The summed E-state index contributed by atoms with van der Waals surface area (Å²) in [7, 11) is 0. The Kier molecular flexibility index (Phi) is 12.5. The van der Waals surface area contributed by atoms with Crippen molar-refractivity contribution in [1.82, 2.24) is 4.57 Å². The van der Waals surface area contributed by atoms with Crippen LogP contribution in [0, 0.1) is 6.92 Å². The molecular weight excluding hydrogens is 618 g/mol. The Morgan fingerprint density at radius 3 is 2.12 bits per heavy atom. The number of ether oxygens (including phenoxy) is 3. The summed E-state index contributed by atoms with van der Waals surface area (Å²) in [6, 6.07) is 23.7. The molecule has 0 aliphatic heterocycles. The Labute approximate surface area is 288 Å². The highest BCUT2D eigenvalue weighted by Crippen LogP contribution is 2.23. The smallest absolute Gasteiger partial charge is 0.350 e. The molecule has 8 heteroatoms. The van der Waals surface area contributed by atoms with Crippen molar-refractivity contribution in [3.8, 4) is 5.75 Å². The number of benzene rings is 3. The predicted molar refractivity (Wildman–Crippen MR) is 192 cm³/mol. The van der Waals surface area contributed by atoms with E-state index in [2.05, 4.69) is 0 Å². The molecule has 0 aliphatic rings. The van der Waals surface area contributed by atoms with Gasteiger partial charge < -0.3 is 18.8 Å². The van der Waals surface area contributed by atoms with Crippen LogP contribution in [0.3, 0.4) is 0 Å². The van der Waals surface area contributed by atoms with E-state index in [-0.39, 0.29) is 29.8 Å². The number of aromatic nitrogens is 1. The van der Waals surface area contributed by atoms with E-state index in [0.29, 0.717) is 48.4 Å². The number of rotatable bonds is 15. The molecule has 0 saturated carbocycles. The third-order valence-electron chi connectivity index (χ3n) is 7.87. The fourth-order valence-corrected chi connectivity index (χ4v) is 5.36. The maximum absolute atomic E-state index is 13.7. The summed E-state index contributed by atoms with van der Waals surface area (Å²) in [5.74, 6) is -0.443. The first kappa shape index (κ1) is 36.6. The molecule has 49 heavy (non-hydrogen) atoms. The first-order valence-corrected chi connectivity index (χ1v) is 16.6. The van der Waals surface area contributed by atoms with Gasteiger partial charge in [0.2, 0.25) is 0 Å². The van der Waals surface area contributed by atoms with Crippen molar-refractivity contribution in [2.75, 3.05) is 6.61 Å². The van der Waals surface area contributed by atoms with Gasteiger partial charge in [0, 0.05) is 29.3 Å². The van der Waals surface area contributed by atoms with Crippen LogP contribution in [0.4, 0.5) is 0 Å². The minimum Gasteiger partial charge on any atom is -0.476 e. The van der Waals surface area contributed by atoms with Crippen LogP contribution in [0.1, 0.15) is 91.2 Å². The Morgan fingerprint density at radius 1 is 0.878 bits per heavy atom. The minimum atomic E-state index is -1.18. The van der Waals surface area contributed by atoms with Crippen LogP contribution in [0.15, 0.2) is 89.9 Å². The molecule has 0 bridgehead atoms. The fraction of sp³-hybridized carbons (Fsp3) is 0.317. The summed E-state index contributed by atoms with van der Waals surface area (Å²) in [4.78, 5) is 51.3. The molecule has 1 aromatic heterocycles. The van der Waals surface area contributed by atoms with Crippen molar-refractivity contribution in [3.63, 3.8) is 0 Å². The normalized spacial score (nSPS) is 11.5. The average Bonchev–Trinajstić information content (AvgIpc) is 3.07. The lowest BCUT2D eigenvalue weighted by atomic mass is 9.98. The molecular formula is C41H45NO7. The van der Waals surface area contributed by atoms with E-state index < -0.39 is 11.6 Å². The summed E-state index contributed by atoms with van der Waals surface area (Å²) < 4.78 is 17.9.